The molecule has 2 aliphatic heterocycles. The molecule has 2 fully saturated rings. The highest BCUT2D eigenvalue weighted by molar-refractivity contribution is 7.91. The Hall–Kier alpha value is -2.03. The van der Waals surface area contributed by atoms with E-state index in [-0.39, 0.29) is 52.6 Å². The number of ether oxygens (including phenoxy) is 2. The first kappa shape index (κ1) is 19.3. The van der Waals surface area contributed by atoms with Crippen molar-refractivity contribution in [3.8, 4) is 0 Å². The Morgan fingerprint density at radius 3 is 2.32 bits per heavy atom. The summed E-state index contributed by atoms with van der Waals surface area (Å²) in [5, 5.41) is 10.9. The first-order valence-corrected chi connectivity index (χ1v) is 11.0. The van der Waals surface area contributed by atoms with Crippen LogP contribution in [0.1, 0.15) is 47.9 Å². The van der Waals surface area contributed by atoms with Crippen LogP contribution in [0, 0.1) is 13.8 Å². The van der Waals surface area contributed by atoms with E-state index >= 15 is 0 Å². The minimum absolute atomic E-state index is 0.0936. The average molecular weight is 406 g/mol. The van der Waals surface area contributed by atoms with Crippen LogP contribution < -0.4 is 0 Å². The third-order valence-electron chi connectivity index (χ3n) is 5.73. The van der Waals surface area contributed by atoms with Crippen molar-refractivity contribution in [1.29, 1.82) is 0 Å². The number of carbonyl (C=O) groups excluding carboxylic acids is 2. The average Bonchev–Trinajstić information content (AvgIpc) is 3.09. The third kappa shape index (κ3) is 2.74. The van der Waals surface area contributed by atoms with Crippen LogP contribution in [0.4, 0.5) is 0 Å². The molecule has 2 heterocycles. The molecule has 3 aliphatic rings. The molecule has 0 aromatic heterocycles. The minimum atomic E-state index is -3.54. The zero-order chi connectivity index (χ0) is 20.3. The summed E-state index contributed by atoms with van der Waals surface area (Å²) in [4.78, 5) is 24.7. The molecule has 28 heavy (non-hydrogen) atoms. The first-order chi connectivity index (χ1) is 13.2. The Balaban J connectivity index is 2.02. The Kier molecular flexibility index (Phi) is 4.48. The smallest absolute Gasteiger partial charge is 0.197 e. The van der Waals surface area contributed by atoms with E-state index in [1.54, 1.807) is 13.8 Å². The Morgan fingerprint density at radius 1 is 1.11 bits per heavy atom. The van der Waals surface area contributed by atoms with Crippen LogP contribution in [-0.4, -0.2) is 44.1 Å². The van der Waals surface area contributed by atoms with Gasteiger partial charge in [-0.3, -0.25) is 9.59 Å². The molecule has 4 rings (SSSR count). The number of aliphatic hydroxyl groups excluding tert-OH is 1. The maximum atomic E-state index is 12.8. The predicted molar refractivity (Wildman–Crippen MR) is 99.6 cm³/mol. The number of ketones is 2. The van der Waals surface area contributed by atoms with Gasteiger partial charge in [0.05, 0.1) is 23.9 Å². The second kappa shape index (κ2) is 6.50. The number of rotatable bonds is 1. The predicted octanol–water partition coefficient (Wildman–Crippen LogP) is 2.27. The second-order valence-corrected chi connectivity index (χ2v) is 9.56. The molecule has 7 nitrogen and oxygen atoms in total. The van der Waals surface area contributed by atoms with Gasteiger partial charge >= 0.3 is 0 Å². The second-order valence-electron chi connectivity index (χ2n) is 7.51. The summed E-state index contributed by atoms with van der Waals surface area (Å²) in [7, 11) is -3.54. The van der Waals surface area contributed by atoms with Crippen LogP contribution in [0.25, 0.3) is 5.76 Å². The number of aliphatic hydroxyl groups is 1. The molecule has 1 saturated heterocycles. The fraction of sp³-hybridized carbons (Fsp3) is 0.500. The summed E-state index contributed by atoms with van der Waals surface area (Å²) in [5.74, 6) is -2.45. The number of carbonyl (C=O) groups is 2. The topological polar surface area (TPSA) is 107 Å². The minimum Gasteiger partial charge on any atom is -0.506 e. The van der Waals surface area contributed by atoms with Gasteiger partial charge in [0, 0.05) is 30.4 Å². The Labute approximate surface area is 163 Å². The fourth-order valence-electron chi connectivity index (χ4n) is 4.45. The molecule has 1 saturated carbocycles. The van der Waals surface area contributed by atoms with E-state index in [1.165, 1.54) is 6.07 Å². The molecular weight excluding hydrogens is 384 g/mol. The third-order valence-corrected chi connectivity index (χ3v) is 7.62. The molecule has 150 valence electrons. The first-order valence-electron chi connectivity index (χ1n) is 9.33. The molecule has 1 N–H and O–H groups in total. The van der Waals surface area contributed by atoms with Gasteiger partial charge in [0.25, 0.3) is 0 Å². The molecule has 1 aliphatic carbocycles. The van der Waals surface area contributed by atoms with E-state index < -0.39 is 21.4 Å². The van der Waals surface area contributed by atoms with E-state index in [0.29, 0.717) is 36.3 Å². The molecule has 0 bridgehead atoms. The number of hydrogen-bond donors (Lipinski definition) is 1. The van der Waals surface area contributed by atoms with Gasteiger partial charge in [-0.05, 0) is 37.5 Å². The van der Waals surface area contributed by atoms with E-state index in [9.17, 15) is 23.1 Å². The highest BCUT2D eigenvalue weighted by atomic mass is 32.2. The lowest BCUT2D eigenvalue weighted by molar-refractivity contribution is -0.170. The normalized spacial score (nSPS) is 23.1. The van der Waals surface area contributed by atoms with Crippen molar-refractivity contribution >= 4 is 27.2 Å². The molecule has 0 atom stereocenters. The van der Waals surface area contributed by atoms with Gasteiger partial charge < -0.3 is 14.6 Å². The van der Waals surface area contributed by atoms with E-state index in [1.807, 2.05) is 0 Å². The maximum absolute atomic E-state index is 12.8. The van der Waals surface area contributed by atoms with Crippen LogP contribution in [-0.2, 0) is 34.7 Å². The van der Waals surface area contributed by atoms with Gasteiger partial charge in [0.2, 0.25) is 0 Å². The van der Waals surface area contributed by atoms with Gasteiger partial charge in [-0.2, -0.15) is 0 Å². The number of fused-ring (bicyclic) bond motifs is 2. The van der Waals surface area contributed by atoms with Crippen molar-refractivity contribution in [3.05, 3.63) is 33.9 Å². The van der Waals surface area contributed by atoms with E-state index in [2.05, 4.69) is 0 Å². The Morgan fingerprint density at radius 2 is 1.71 bits per heavy atom. The van der Waals surface area contributed by atoms with Crippen molar-refractivity contribution in [2.45, 2.75) is 50.2 Å². The van der Waals surface area contributed by atoms with Crippen molar-refractivity contribution < 1.29 is 32.6 Å². The molecule has 1 aromatic rings. The van der Waals surface area contributed by atoms with Gasteiger partial charge in [-0.15, -0.1) is 0 Å². The standard InChI is InChI=1S/C20H22O7S/c1-11-10-13(18(23)16-14(21)4-3-5-15(16)22)12(2)17-19(11)28(24,25)9-6-20(17)26-7-8-27-20/h10,23H,3-9H2,1-2H3. The lowest BCUT2D eigenvalue weighted by atomic mass is 9.86. The summed E-state index contributed by atoms with van der Waals surface area (Å²) in [6.45, 7) is 3.98. The number of benzene rings is 1. The Bertz CT molecular complexity index is 1010. The van der Waals surface area contributed by atoms with Gasteiger partial charge in [-0.25, -0.2) is 8.42 Å². The lowest BCUT2D eigenvalue weighted by Crippen LogP contribution is -2.38. The molecule has 1 spiro atoms. The summed E-state index contributed by atoms with van der Waals surface area (Å²) >= 11 is 0. The largest absolute Gasteiger partial charge is 0.506 e. The number of Topliss-reactive ketones (excluding diaryl/α,β-unsaturated/α-hetero) is 2. The molecule has 0 amide bonds. The zero-order valence-electron chi connectivity index (χ0n) is 15.8. The zero-order valence-corrected chi connectivity index (χ0v) is 16.6. The summed E-state index contributed by atoms with van der Waals surface area (Å²) in [6, 6.07) is 1.52. The number of sulfone groups is 1. The molecule has 1 aromatic carbocycles. The number of aryl methyl sites for hydroxylation is 1. The van der Waals surface area contributed by atoms with Crippen LogP contribution in [0.15, 0.2) is 16.5 Å². The number of allylic oxidation sites excluding steroid dienone is 1. The fourth-order valence-corrected chi connectivity index (χ4v) is 6.36. The van der Waals surface area contributed by atoms with Crippen molar-refractivity contribution in [2.24, 2.45) is 0 Å². The molecule has 0 radical (unpaired) electrons. The quantitative estimate of drug-likeness (QED) is 0.433. The lowest BCUT2D eigenvalue weighted by Gasteiger charge is -2.36. The van der Waals surface area contributed by atoms with Crippen LogP contribution in [0.3, 0.4) is 0 Å². The van der Waals surface area contributed by atoms with Crippen LogP contribution >= 0.6 is 0 Å². The van der Waals surface area contributed by atoms with Crippen molar-refractivity contribution in [1.82, 2.24) is 0 Å². The highest BCUT2D eigenvalue weighted by Gasteiger charge is 2.49. The maximum Gasteiger partial charge on any atom is 0.197 e. The highest BCUT2D eigenvalue weighted by Crippen LogP contribution is 2.47. The summed E-state index contributed by atoms with van der Waals surface area (Å²) < 4.78 is 37.2. The summed E-state index contributed by atoms with van der Waals surface area (Å²) in [5.41, 5.74) is 1.31. The van der Waals surface area contributed by atoms with Crippen LogP contribution in [0.5, 0.6) is 0 Å². The number of hydrogen-bond acceptors (Lipinski definition) is 7. The SMILES string of the molecule is Cc1cc(C(O)=C2C(=O)CCCC2=O)c(C)c2c1S(=O)(=O)CCC21OCCO1. The monoisotopic (exact) mass is 406 g/mol. The van der Waals surface area contributed by atoms with E-state index in [0.717, 1.165) is 0 Å². The van der Waals surface area contributed by atoms with Gasteiger partial charge in [0.1, 0.15) is 11.3 Å². The molecule has 0 unspecified atom stereocenters. The van der Waals surface area contributed by atoms with E-state index in [4.69, 9.17) is 9.47 Å². The molecular formula is C20H22O7S. The van der Waals surface area contributed by atoms with Gasteiger partial charge in [-0.1, -0.05) is 0 Å². The van der Waals surface area contributed by atoms with Crippen molar-refractivity contribution in [3.63, 3.8) is 0 Å². The van der Waals surface area contributed by atoms with Gasteiger partial charge in [0.15, 0.2) is 27.2 Å². The van der Waals surface area contributed by atoms with Crippen LogP contribution in [0.2, 0.25) is 0 Å². The summed E-state index contributed by atoms with van der Waals surface area (Å²) in [6.07, 6.45) is 1.04. The molecule has 8 heteroatoms. The van der Waals surface area contributed by atoms with Crippen molar-refractivity contribution in [2.75, 3.05) is 19.0 Å².